The fourth-order valence-electron chi connectivity index (χ4n) is 4.61. The molecule has 1 unspecified atom stereocenters. The molecule has 2 aromatic carbocycles. The monoisotopic (exact) mass is 568 g/mol. The van der Waals surface area contributed by atoms with Gasteiger partial charge in [-0.25, -0.2) is 0 Å². The van der Waals surface area contributed by atoms with Crippen LogP contribution in [0.3, 0.4) is 0 Å². The normalized spacial score (nSPS) is 12.1. The van der Waals surface area contributed by atoms with Crippen molar-refractivity contribution in [3.8, 4) is 11.5 Å². The second kappa shape index (κ2) is 12.6. The molecule has 4 rings (SSSR count). The van der Waals surface area contributed by atoms with E-state index < -0.39 is 11.9 Å². The lowest BCUT2D eigenvalue weighted by molar-refractivity contribution is -0.141. The third-order valence-corrected chi connectivity index (χ3v) is 9.16. The molecule has 2 aromatic heterocycles. The standard InChI is InChI=1S/C30H32O7S2/c1-17(30(34)35)7-8-22-13-20-11-18(24(36-2)15-26(20)38-22)5-4-6-19-12-21-14-28(23(31)9-10-29(32)33)39-27(21)16-25(19)37-3/h11-17H,4-10H2,1-3H3,(H,32,33)(H,34,35). The summed E-state index contributed by atoms with van der Waals surface area (Å²) in [5.41, 5.74) is 2.17. The second-order valence-electron chi connectivity index (χ2n) is 9.68. The minimum absolute atomic E-state index is 0.00853. The van der Waals surface area contributed by atoms with E-state index in [4.69, 9.17) is 19.7 Å². The summed E-state index contributed by atoms with van der Waals surface area (Å²) in [7, 11) is 3.32. The summed E-state index contributed by atoms with van der Waals surface area (Å²) in [5.74, 6) is -0.647. The van der Waals surface area contributed by atoms with Crippen LogP contribution in [0.15, 0.2) is 36.4 Å². The van der Waals surface area contributed by atoms with Crippen LogP contribution in [0.2, 0.25) is 0 Å². The van der Waals surface area contributed by atoms with Crippen LogP contribution >= 0.6 is 22.7 Å². The fraction of sp³-hybridized carbons (Fsp3) is 0.367. The summed E-state index contributed by atoms with van der Waals surface area (Å²) < 4.78 is 13.4. The van der Waals surface area contributed by atoms with E-state index in [1.807, 2.05) is 12.1 Å². The Hall–Kier alpha value is -3.43. The van der Waals surface area contributed by atoms with E-state index in [0.29, 0.717) is 11.3 Å². The average molecular weight is 569 g/mol. The zero-order chi connectivity index (χ0) is 28.1. The van der Waals surface area contributed by atoms with Gasteiger partial charge in [0.05, 0.1) is 31.4 Å². The van der Waals surface area contributed by atoms with Gasteiger partial charge in [0, 0.05) is 20.7 Å². The van der Waals surface area contributed by atoms with Gasteiger partial charge >= 0.3 is 11.9 Å². The Balaban J connectivity index is 1.47. The zero-order valence-corrected chi connectivity index (χ0v) is 23.9. The van der Waals surface area contributed by atoms with Gasteiger partial charge in [0.15, 0.2) is 5.78 Å². The van der Waals surface area contributed by atoms with Gasteiger partial charge in [0.25, 0.3) is 0 Å². The lowest BCUT2D eigenvalue weighted by Crippen LogP contribution is -2.09. The van der Waals surface area contributed by atoms with Gasteiger partial charge in [-0.05, 0) is 90.4 Å². The molecule has 206 valence electrons. The van der Waals surface area contributed by atoms with E-state index in [2.05, 4.69) is 24.3 Å². The molecule has 2 N–H and O–H groups in total. The molecular weight excluding hydrogens is 536 g/mol. The number of methoxy groups -OCH3 is 2. The summed E-state index contributed by atoms with van der Waals surface area (Å²) in [6.45, 7) is 1.74. The van der Waals surface area contributed by atoms with Crippen LogP contribution in [-0.4, -0.2) is 42.2 Å². The molecular formula is C30H32O7S2. The summed E-state index contributed by atoms with van der Waals surface area (Å²) in [5, 5.41) is 20.1. The molecule has 0 radical (unpaired) electrons. The summed E-state index contributed by atoms with van der Waals surface area (Å²) in [6, 6.07) is 12.2. The number of hydrogen-bond acceptors (Lipinski definition) is 7. The van der Waals surface area contributed by atoms with Crippen molar-refractivity contribution in [1.82, 2.24) is 0 Å². The van der Waals surface area contributed by atoms with Crippen LogP contribution in [0, 0.1) is 5.92 Å². The van der Waals surface area contributed by atoms with Crippen molar-refractivity contribution in [2.24, 2.45) is 5.92 Å². The SMILES string of the molecule is COc1cc2sc(CCC(C)C(=O)O)cc2cc1CCCc1cc2cc(C(=O)CCC(=O)O)sc2cc1OC. The number of carbonyl (C=O) groups excluding carboxylic acids is 1. The molecule has 0 spiro atoms. The van der Waals surface area contributed by atoms with E-state index in [1.165, 1.54) is 16.2 Å². The maximum absolute atomic E-state index is 12.4. The third kappa shape index (κ3) is 6.96. The molecule has 0 amide bonds. The van der Waals surface area contributed by atoms with E-state index in [1.54, 1.807) is 32.5 Å². The Morgan fingerprint density at radius 1 is 0.795 bits per heavy atom. The number of ketones is 1. The predicted molar refractivity (Wildman–Crippen MR) is 155 cm³/mol. The van der Waals surface area contributed by atoms with Crippen LogP contribution in [0.1, 0.15) is 58.3 Å². The number of thiophene rings is 2. The molecule has 2 heterocycles. The number of carboxylic acid groups (broad SMARTS) is 2. The molecule has 7 nitrogen and oxygen atoms in total. The Bertz CT molecular complexity index is 1510. The number of aliphatic carboxylic acids is 2. The Morgan fingerprint density at radius 3 is 1.95 bits per heavy atom. The number of fused-ring (bicyclic) bond motifs is 2. The van der Waals surface area contributed by atoms with Crippen molar-refractivity contribution >= 4 is 60.6 Å². The maximum Gasteiger partial charge on any atom is 0.306 e. The molecule has 1 atom stereocenters. The Labute approximate surface area is 235 Å². The number of carboxylic acids is 2. The predicted octanol–water partition coefficient (Wildman–Crippen LogP) is 7.01. The molecule has 0 bridgehead atoms. The van der Waals surface area contributed by atoms with Crippen LogP contribution in [0.5, 0.6) is 11.5 Å². The van der Waals surface area contributed by atoms with Crippen LogP contribution < -0.4 is 9.47 Å². The molecule has 0 saturated carbocycles. The first-order valence-corrected chi connectivity index (χ1v) is 14.5. The summed E-state index contributed by atoms with van der Waals surface area (Å²) in [6.07, 6.45) is 3.62. The minimum Gasteiger partial charge on any atom is -0.496 e. The van der Waals surface area contributed by atoms with Gasteiger partial charge in [0.1, 0.15) is 11.5 Å². The van der Waals surface area contributed by atoms with Crippen LogP contribution in [0.25, 0.3) is 20.2 Å². The van der Waals surface area contributed by atoms with Crippen LogP contribution in [0.4, 0.5) is 0 Å². The molecule has 0 aliphatic heterocycles. The van der Waals surface area contributed by atoms with Crippen molar-refractivity contribution in [1.29, 1.82) is 0 Å². The molecule has 4 aromatic rings. The highest BCUT2D eigenvalue weighted by Crippen LogP contribution is 2.36. The highest BCUT2D eigenvalue weighted by molar-refractivity contribution is 7.20. The largest absolute Gasteiger partial charge is 0.496 e. The molecule has 0 aliphatic carbocycles. The number of carbonyl (C=O) groups is 3. The number of aryl methyl sites for hydroxylation is 3. The minimum atomic E-state index is -0.978. The second-order valence-corrected chi connectivity index (χ2v) is 11.9. The van der Waals surface area contributed by atoms with E-state index in [-0.39, 0.29) is 24.5 Å². The summed E-state index contributed by atoms with van der Waals surface area (Å²) >= 11 is 3.05. The molecule has 39 heavy (non-hydrogen) atoms. The Morgan fingerprint density at radius 2 is 1.38 bits per heavy atom. The van der Waals surface area contributed by atoms with Gasteiger partial charge in [0.2, 0.25) is 0 Å². The van der Waals surface area contributed by atoms with Gasteiger partial charge in [-0.3, -0.25) is 14.4 Å². The van der Waals surface area contributed by atoms with E-state index in [9.17, 15) is 14.4 Å². The number of benzene rings is 2. The highest BCUT2D eigenvalue weighted by atomic mass is 32.1. The van der Waals surface area contributed by atoms with Crippen molar-refractivity contribution in [2.45, 2.75) is 51.9 Å². The Kier molecular flexibility index (Phi) is 9.24. The van der Waals surface area contributed by atoms with Gasteiger partial charge in [-0.1, -0.05) is 6.92 Å². The van der Waals surface area contributed by atoms with Crippen LogP contribution in [-0.2, 0) is 28.9 Å². The van der Waals surface area contributed by atoms with Gasteiger partial charge < -0.3 is 19.7 Å². The number of hydrogen-bond donors (Lipinski definition) is 2. The molecule has 0 aliphatic rings. The van der Waals surface area contributed by atoms with Crippen molar-refractivity contribution in [3.05, 3.63) is 57.3 Å². The average Bonchev–Trinajstić information content (AvgIpc) is 3.52. The molecule has 0 fully saturated rings. The first kappa shape index (κ1) is 28.6. The van der Waals surface area contributed by atoms with Crippen molar-refractivity contribution in [3.63, 3.8) is 0 Å². The maximum atomic E-state index is 12.4. The van der Waals surface area contributed by atoms with Gasteiger partial charge in [-0.2, -0.15) is 0 Å². The van der Waals surface area contributed by atoms with E-state index >= 15 is 0 Å². The number of rotatable bonds is 14. The van der Waals surface area contributed by atoms with Crippen molar-refractivity contribution in [2.75, 3.05) is 14.2 Å². The first-order chi connectivity index (χ1) is 18.7. The number of ether oxygens (including phenoxy) is 2. The topological polar surface area (TPSA) is 110 Å². The van der Waals surface area contributed by atoms with Crippen molar-refractivity contribution < 1.29 is 34.1 Å². The summed E-state index contributed by atoms with van der Waals surface area (Å²) in [4.78, 5) is 36.1. The highest BCUT2D eigenvalue weighted by Gasteiger charge is 2.16. The zero-order valence-electron chi connectivity index (χ0n) is 22.2. The van der Waals surface area contributed by atoms with E-state index in [0.717, 1.165) is 68.5 Å². The molecule has 0 saturated heterocycles. The molecule has 9 heteroatoms. The number of Topliss-reactive ketones (excluding diaryl/α,β-unsaturated/α-hetero) is 1. The smallest absolute Gasteiger partial charge is 0.306 e. The van der Waals surface area contributed by atoms with Gasteiger partial charge in [-0.15, -0.1) is 22.7 Å². The first-order valence-electron chi connectivity index (χ1n) is 12.9. The third-order valence-electron chi connectivity index (χ3n) is 6.87. The lowest BCUT2D eigenvalue weighted by Gasteiger charge is -2.11. The fourth-order valence-corrected chi connectivity index (χ4v) is 6.74. The lowest BCUT2D eigenvalue weighted by atomic mass is 10.0. The quantitative estimate of drug-likeness (QED) is 0.157.